The van der Waals surface area contributed by atoms with E-state index in [1.807, 2.05) is 55.7 Å². The molecule has 0 spiro atoms. The number of nitrogens with zero attached hydrogens (tertiary/aromatic N) is 2. The number of aromatic amines is 1. The van der Waals surface area contributed by atoms with Crippen LogP contribution in [0.15, 0.2) is 73.2 Å². The summed E-state index contributed by atoms with van der Waals surface area (Å²) in [4.78, 5) is 20.2. The summed E-state index contributed by atoms with van der Waals surface area (Å²) >= 11 is 6.06. The van der Waals surface area contributed by atoms with Crippen LogP contribution in [0.4, 0.5) is 16.2 Å². The topological polar surface area (TPSA) is 74.7 Å². The molecule has 6 nitrogen and oxygen atoms in total. The predicted molar refractivity (Wildman–Crippen MR) is 126 cm³/mol. The lowest BCUT2D eigenvalue weighted by Gasteiger charge is -2.11. The average Bonchev–Trinajstić information content (AvgIpc) is 3.36. The first-order valence-corrected chi connectivity index (χ1v) is 10.3. The number of hydrogen-bond donors (Lipinski definition) is 3. The number of H-pyrrole nitrogens is 1. The van der Waals surface area contributed by atoms with Crippen LogP contribution in [0.25, 0.3) is 21.9 Å². The number of carbonyl (C=O) groups is 1. The van der Waals surface area contributed by atoms with Crippen LogP contribution < -0.4 is 10.6 Å². The Morgan fingerprint density at radius 2 is 1.94 bits per heavy atom. The number of carbonyl (C=O) groups excluding carboxylic acids is 1. The first-order chi connectivity index (χ1) is 15.1. The number of rotatable bonds is 4. The Morgan fingerprint density at radius 3 is 2.84 bits per heavy atom. The van der Waals surface area contributed by atoms with Gasteiger partial charge in [-0.1, -0.05) is 23.7 Å². The van der Waals surface area contributed by atoms with Gasteiger partial charge in [0, 0.05) is 46.6 Å². The van der Waals surface area contributed by atoms with E-state index in [9.17, 15) is 4.79 Å². The van der Waals surface area contributed by atoms with Crippen LogP contribution in [-0.4, -0.2) is 20.6 Å². The zero-order chi connectivity index (χ0) is 21.4. The van der Waals surface area contributed by atoms with E-state index in [2.05, 4.69) is 31.2 Å². The van der Waals surface area contributed by atoms with E-state index in [0.717, 1.165) is 38.8 Å². The fourth-order valence-electron chi connectivity index (χ4n) is 3.80. The summed E-state index contributed by atoms with van der Waals surface area (Å²) < 4.78 is 2.16. The minimum atomic E-state index is -0.312. The Bertz CT molecular complexity index is 1420. The highest BCUT2D eigenvalue weighted by atomic mass is 35.5. The molecule has 2 amide bonds. The fraction of sp³-hybridized carbons (Fsp3) is 0.0833. The van der Waals surface area contributed by atoms with E-state index >= 15 is 0 Å². The Balaban J connectivity index is 1.40. The van der Waals surface area contributed by atoms with Gasteiger partial charge in [0.2, 0.25) is 0 Å². The summed E-state index contributed by atoms with van der Waals surface area (Å²) in [6.07, 6.45) is 5.80. The lowest BCUT2D eigenvalue weighted by molar-refractivity contribution is 0.262. The maximum absolute atomic E-state index is 12.6. The zero-order valence-electron chi connectivity index (χ0n) is 16.8. The summed E-state index contributed by atoms with van der Waals surface area (Å²) in [5.74, 6) is 0. The quantitative estimate of drug-likeness (QED) is 0.319. The lowest BCUT2D eigenvalue weighted by Crippen LogP contribution is -2.20. The van der Waals surface area contributed by atoms with Crippen molar-refractivity contribution in [2.24, 2.45) is 0 Å². The standard InChI is InChI=1S/C24H20ClN5O/c1-15-7-8-17(25)12-21(15)29-24(31)28-20-5-2-6-22-19(20)9-11-30(22)14-16-13-27-23-18(16)4-3-10-26-23/h2-13H,14H2,1H3,(H,26,27)(H2,28,29,31). The van der Waals surface area contributed by atoms with Crippen molar-refractivity contribution in [2.75, 3.05) is 10.6 Å². The third kappa shape index (κ3) is 3.73. The van der Waals surface area contributed by atoms with Crippen LogP contribution in [0.5, 0.6) is 0 Å². The average molecular weight is 430 g/mol. The van der Waals surface area contributed by atoms with Gasteiger partial charge >= 0.3 is 6.03 Å². The number of urea groups is 1. The lowest BCUT2D eigenvalue weighted by atomic mass is 10.2. The van der Waals surface area contributed by atoms with E-state index in [0.29, 0.717) is 17.3 Å². The van der Waals surface area contributed by atoms with Crippen molar-refractivity contribution in [3.63, 3.8) is 0 Å². The third-order valence-corrected chi connectivity index (χ3v) is 5.62. The van der Waals surface area contributed by atoms with E-state index in [1.54, 1.807) is 18.3 Å². The summed E-state index contributed by atoms with van der Waals surface area (Å²) in [5.41, 5.74) is 5.45. The SMILES string of the molecule is Cc1ccc(Cl)cc1NC(=O)Nc1cccc2c1ccn2Cc1c[nH]c2ncccc12. The molecule has 0 saturated heterocycles. The fourth-order valence-corrected chi connectivity index (χ4v) is 3.97. The number of fused-ring (bicyclic) bond motifs is 2. The van der Waals surface area contributed by atoms with Gasteiger partial charge in [0.15, 0.2) is 0 Å². The molecule has 3 N–H and O–H groups in total. The first-order valence-electron chi connectivity index (χ1n) is 9.91. The number of pyridine rings is 1. The molecule has 0 aliphatic heterocycles. The van der Waals surface area contributed by atoms with Gasteiger partial charge in [0.1, 0.15) is 5.65 Å². The monoisotopic (exact) mass is 429 g/mol. The van der Waals surface area contributed by atoms with Crippen LogP contribution in [-0.2, 0) is 6.54 Å². The molecule has 3 heterocycles. The Hall–Kier alpha value is -3.77. The van der Waals surface area contributed by atoms with Gasteiger partial charge in [-0.2, -0.15) is 0 Å². The molecule has 154 valence electrons. The molecule has 0 saturated carbocycles. The number of hydrogen-bond acceptors (Lipinski definition) is 2. The van der Waals surface area contributed by atoms with Crippen molar-refractivity contribution in [3.8, 4) is 0 Å². The van der Waals surface area contributed by atoms with E-state index < -0.39 is 0 Å². The maximum atomic E-state index is 12.6. The van der Waals surface area contributed by atoms with E-state index in [4.69, 9.17) is 11.6 Å². The molecule has 5 aromatic rings. The van der Waals surface area contributed by atoms with Crippen LogP contribution in [0, 0.1) is 6.92 Å². The first kappa shape index (κ1) is 19.2. The van der Waals surface area contributed by atoms with Crippen molar-refractivity contribution in [1.29, 1.82) is 0 Å². The second kappa shape index (κ2) is 7.81. The molecule has 0 aliphatic rings. The van der Waals surface area contributed by atoms with E-state index in [-0.39, 0.29) is 6.03 Å². The number of amides is 2. The summed E-state index contributed by atoms with van der Waals surface area (Å²) in [6, 6.07) is 17.0. The highest BCUT2D eigenvalue weighted by Gasteiger charge is 2.12. The van der Waals surface area contributed by atoms with Gasteiger partial charge in [-0.3, -0.25) is 0 Å². The zero-order valence-corrected chi connectivity index (χ0v) is 17.6. The Kier molecular flexibility index (Phi) is 4.84. The van der Waals surface area contributed by atoms with Crippen molar-refractivity contribution >= 4 is 50.9 Å². The van der Waals surface area contributed by atoms with Crippen molar-refractivity contribution in [3.05, 3.63) is 89.3 Å². The number of halogens is 1. The molecule has 3 aromatic heterocycles. The molecule has 0 aliphatic carbocycles. The van der Waals surface area contributed by atoms with Crippen molar-refractivity contribution in [1.82, 2.24) is 14.5 Å². The smallest absolute Gasteiger partial charge is 0.323 e. The number of aromatic nitrogens is 3. The summed E-state index contributed by atoms with van der Waals surface area (Å²) in [7, 11) is 0. The molecule has 7 heteroatoms. The van der Waals surface area contributed by atoms with Gasteiger partial charge in [-0.25, -0.2) is 9.78 Å². The van der Waals surface area contributed by atoms with Crippen LogP contribution in [0.2, 0.25) is 5.02 Å². The van der Waals surface area contributed by atoms with E-state index in [1.165, 1.54) is 0 Å². The number of nitrogens with one attached hydrogen (secondary N) is 3. The number of aryl methyl sites for hydroxylation is 1. The Labute approximate surface area is 183 Å². The maximum Gasteiger partial charge on any atom is 0.323 e. The molecule has 31 heavy (non-hydrogen) atoms. The van der Waals surface area contributed by atoms with Crippen molar-refractivity contribution in [2.45, 2.75) is 13.5 Å². The second-order valence-corrected chi connectivity index (χ2v) is 7.87. The Morgan fingerprint density at radius 1 is 1.06 bits per heavy atom. The summed E-state index contributed by atoms with van der Waals surface area (Å²) in [5, 5.41) is 8.49. The van der Waals surface area contributed by atoms with Crippen LogP contribution in [0.3, 0.4) is 0 Å². The van der Waals surface area contributed by atoms with Gasteiger partial charge in [0.05, 0.1) is 11.2 Å². The second-order valence-electron chi connectivity index (χ2n) is 7.43. The summed E-state index contributed by atoms with van der Waals surface area (Å²) in [6.45, 7) is 2.62. The molecular formula is C24H20ClN5O. The predicted octanol–water partition coefficient (Wildman–Crippen LogP) is 6.17. The number of anilines is 2. The third-order valence-electron chi connectivity index (χ3n) is 5.39. The normalized spacial score (nSPS) is 11.2. The molecule has 2 aromatic carbocycles. The minimum Gasteiger partial charge on any atom is -0.346 e. The highest BCUT2D eigenvalue weighted by molar-refractivity contribution is 6.31. The van der Waals surface area contributed by atoms with Gasteiger partial charge in [0.25, 0.3) is 0 Å². The van der Waals surface area contributed by atoms with Crippen LogP contribution >= 0.6 is 11.6 Å². The largest absolute Gasteiger partial charge is 0.346 e. The molecule has 5 rings (SSSR count). The molecular weight excluding hydrogens is 410 g/mol. The molecule has 0 unspecified atom stereocenters. The molecule has 0 atom stereocenters. The van der Waals surface area contributed by atoms with Gasteiger partial charge in [-0.05, 0) is 60.5 Å². The molecule has 0 bridgehead atoms. The van der Waals surface area contributed by atoms with Crippen molar-refractivity contribution < 1.29 is 4.79 Å². The molecule has 0 fully saturated rings. The minimum absolute atomic E-state index is 0.312. The highest BCUT2D eigenvalue weighted by Crippen LogP contribution is 2.27. The van der Waals surface area contributed by atoms with Gasteiger partial charge in [-0.15, -0.1) is 0 Å². The van der Waals surface area contributed by atoms with Crippen LogP contribution in [0.1, 0.15) is 11.1 Å². The molecule has 0 radical (unpaired) electrons. The van der Waals surface area contributed by atoms with Gasteiger partial charge < -0.3 is 20.2 Å². The number of benzene rings is 2.